The molecule has 0 aliphatic heterocycles. The van der Waals surface area contributed by atoms with Gasteiger partial charge in [-0.3, -0.25) is 4.99 Å². The zero-order chi connectivity index (χ0) is 17.9. The van der Waals surface area contributed by atoms with Crippen LogP contribution in [-0.2, 0) is 15.9 Å². The van der Waals surface area contributed by atoms with Crippen LogP contribution in [0.15, 0.2) is 93.6 Å². The second-order valence-corrected chi connectivity index (χ2v) is 8.52. The first kappa shape index (κ1) is 20.2. The van der Waals surface area contributed by atoms with E-state index in [-0.39, 0.29) is 15.9 Å². The van der Waals surface area contributed by atoms with Crippen molar-refractivity contribution in [3.63, 3.8) is 0 Å². The Morgan fingerprint density at radius 2 is 1.44 bits per heavy atom. The van der Waals surface area contributed by atoms with Crippen LogP contribution in [0.2, 0.25) is 0 Å². The first-order chi connectivity index (χ1) is 12.2. The van der Waals surface area contributed by atoms with Gasteiger partial charge in [0.25, 0.3) is 0 Å². The van der Waals surface area contributed by atoms with Gasteiger partial charge in [-0.2, -0.15) is 0 Å². The van der Waals surface area contributed by atoms with Gasteiger partial charge in [0.15, 0.2) is 0 Å². The average Bonchev–Trinajstić information content (AvgIpc) is 2.64. The van der Waals surface area contributed by atoms with Gasteiger partial charge in [0.2, 0.25) is 0 Å². The Bertz CT molecular complexity index is 810. The van der Waals surface area contributed by atoms with Crippen LogP contribution in [0.5, 0.6) is 0 Å². The summed E-state index contributed by atoms with van der Waals surface area (Å²) < 4.78 is 0. The molecule has 3 rings (SSSR count). The number of para-hydroxylation sites is 1. The summed E-state index contributed by atoms with van der Waals surface area (Å²) in [5.41, 5.74) is 3.39. The molecule has 0 saturated heterocycles. The van der Waals surface area contributed by atoms with E-state index in [1.165, 1.54) is 15.4 Å². The van der Waals surface area contributed by atoms with E-state index in [1.807, 2.05) is 30.5 Å². The summed E-state index contributed by atoms with van der Waals surface area (Å²) in [6, 6.07) is 26.9. The molecular weight excluding hydrogens is 464 g/mol. The molecule has 0 aromatic heterocycles. The topological polar surface area (TPSA) is 12.4 Å². The van der Waals surface area contributed by atoms with Gasteiger partial charge < -0.3 is 0 Å². The molecule has 132 valence electrons. The number of nitrogens with zero attached hydrogens (tertiary/aromatic N) is 1. The molecule has 25 heavy (non-hydrogen) atoms. The van der Waals surface area contributed by atoms with E-state index >= 15 is 0 Å². The van der Waals surface area contributed by atoms with E-state index in [0.29, 0.717) is 0 Å². The molecule has 0 radical (unpaired) electrons. The molecule has 0 spiro atoms. The number of halogens is 2. The van der Waals surface area contributed by atoms with Crippen molar-refractivity contribution in [3.8, 4) is 0 Å². The Balaban J connectivity index is 0.000000701. The van der Waals surface area contributed by atoms with Crippen LogP contribution in [0, 0.1) is 6.92 Å². The van der Waals surface area contributed by atoms with Gasteiger partial charge in [-0.1, -0.05) is 66.4 Å². The summed E-state index contributed by atoms with van der Waals surface area (Å²) in [5, 5.41) is 0. The summed E-state index contributed by atoms with van der Waals surface area (Å²) in [6.45, 7) is 2.10. The number of benzene rings is 3. The monoisotopic (exact) mass is 479 g/mol. The van der Waals surface area contributed by atoms with E-state index in [4.69, 9.17) is 19.1 Å². The first-order valence-corrected chi connectivity index (χ1v) is 12.3. The normalized spacial score (nSPS) is 10.5. The third-order valence-corrected chi connectivity index (χ3v) is 4.44. The number of aliphatic imine (C=N–C) groups is 1. The maximum absolute atomic E-state index is 4.81. The second kappa shape index (κ2) is 11.5. The van der Waals surface area contributed by atoms with Crippen molar-refractivity contribution in [1.29, 1.82) is 0 Å². The molecule has 0 amide bonds. The Labute approximate surface area is 169 Å². The fraction of sp³-hybridized carbons (Fsp3) is 0.0500. The minimum absolute atomic E-state index is 0.106. The molecule has 0 atom stereocenters. The molecule has 1 nitrogen and oxygen atoms in total. The number of aryl methyl sites for hydroxylation is 1. The van der Waals surface area contributed by atoms with Crippen LogP contribution in [0.1, 0.15) is 11.1 Å². The Morgan fingerprint density at radius 1 is 0.840 bits per heavy atom. The van der Waals surface area contributed by atoms with Crippen molar-refractivity contribution in [1.82, 2.24) is 0 Å². The first-order valence-electron chi connectivity index (χ1n) is 7.48. The van der Waals surface area contributed by atoms with Crippen molar-refractivity contribution < 1.29 is 15.9 Å². The van der Waals surface area contributed by atoms with Crippen molar-refractivity contribution in [2.75, 3.05) is 0 Å². The zero-order valence-electron chi connectivity index (χ0n) is 13.5. The molecule has 0 heterocycles. The Kier molecular flexibility index (Phi) is 9.33. The summed E-state index contributed by atoms with van der Waals surface area (Å²) in [7, 11) is 9.63. The zero-order valence-corrected chi connectivity index (χ0v) is 17.4. The molecule has 0 fully saturated rings. The number of hydrogen-bond donors (Lipinski definition) is 0. The van der Waals surface area contributed by atoms with Gasteiger partial charge in [-0.15, -0.1) is 0 Å². The minimum atomic E-state index is -0.106. The molecule has 3 aromatic rings. The van der Waals surface area contributed by atoms with Gasteiger partial charge in [0.1, 0.15) is 0 Å². The average molecular weight is 481 g/mol. The molecule has 0 bridgehead atoms. The van der Waals surface area contributed by atoms with Crippen molar-refractivity contribution in [2.45, 2.75) is 16.7 Å². The Morgan fingerprint density at radius 3 is 2.16 bits per heavy atom. The third kappa shape index (κ3) is 6.98. The van der Waals surface area contributed by atoms with Gasteiger partial charge >= 0.3 is 35.0 Å². The van der Waals surface area contributed by atoms with E-state index in [1.54, 1.807) is 11.8 Å². The van der Waals surface area contributed by atoms with E-state index in [0.717, 1.165) is 11.3 Å². The predicted octanol–water partition coefficient (Wildman–Crippen LogP) is 7.27. The quantitative estimate of drug-likeness (QED) is 0.282. The second-order valence-electron chi connectivity index (χ2n) is 5.04. The van der Waals surface area contributed by atoms with Crippen LogP contribution < -0.4 is 0 Å². The van der Waals surface area contributed by atoms with Gasteiger partial charge in [-0.05, 0) is 42.3 Å². The summed E-state index contributed by atoms with van der Waals surface area (Å²) in [4.78, 5) is 7.08. The van der Waals surface area contributed by atoms with Crippen LogP contribution in [0.3, 0.4) is 0 Å². The Hall–Kier alpha value is -1.08. The predicted molar refractivity (Wildman–Crippen MR) is 107 cm³/mol. The molecule has 0 aliphatic rings. The molecule has 3 aromatic carbocycles. The maximum atomic E-state index is 4.81. The molecule has 5 heteroatoms. The molecular formula is C20H17Cl2NPdS. The molecule has 0 saturated carbocycles. The molecule has 0 N–H and O–H groups in total. The van der Waals surface area contributed by atoms with E-state index < -0.39 is 0 Å². The van der Waals surface area contributed by atoms with Gasteiger partial charge in [0, 0.05) is 16.0 Å². The van der Waals surface area contributed by atoms with Gasteiger partial charge in [0.05, 0.1) is 5.69 Å². The standard InChI is InChI=1S/C20H17NS.2ClH.Pd/c1-16-9-5-6-10-17(16)15-21-19-13-7-8-14-20(19)22-18-11-3-2-4-12-18;;;/h2-15H,1H3;2*1H;/q;;;+2/p-2. The van der Waals surface area contributed by atoms with E-state index in [2.05, 4.69) is 66.5 Å². The van der Waals surface area contributed by atoms with Crippen LogP contribution in [-0.4, -0.2) is 6.21 Å². The SMILES string of the molecule is Cc1ccccc1C=Nc1ccccc1Sc1ccccc1.[Cl][Pd][Cl]. The summed E-state index contributed by atoms with van der Waals surface area (Å²) >= 11 is 1.63. The summed E-state index contributed by atoms with van der Waals surface area (Å²) in [6.07, 6.45) is 1.94. The van der Waals surface area contributed by atoms with E-state index in [9.17, 15) is 0 Å². The third-order valence-electron chi connectivity index (χ3n) is 3.37. The van der Waals surface area contributed by atoms with Crippen LogP contribution in [0.4, 0.5) is 5.69 Å². The van der Waals surface area contributed by atoms with Crippen LogP contribution >= 0.6 is 30.8 Å². The number of rotatable bonds is 4. The molecule has 0 aliphatic carbocycles. The summed E-state index contributed by atoms with van der Waals surface area (Å²) in [5.74, 6) is 0. The van der Waals surface area contributed by atoms with Crippen LogP contribution in [0.25, 0.3) is 0 Å². The number of hydrogen-bond acceptors (Lipinski definition) is 2. The fourth-order valence-electron chi connectivity index (χ4n) is 2.14. The van der Waals surface area contributed by atoms with Crippen molar-refractivity contribution >= 4 is 42.7 Å². The molecule has 0 unspecified atom stereocenters. The van der Waals surface area contributed by atoms with Crippen molar-refractivity contribution in [3.05, 3.63) is 90.0 Å². The van der Waals surface area contributed by atoms with Gasteiger partial charge in [-0.25, -0.2) is 0 Å². The van der Waals surface area contributed by atoms with Crippen molar-refractivity contribution in [2.24, 2.45) is 4.99 Å². The fourth-order valence-corrected chi connectivity index (χ4v) is 3.06.